The number of carbonyl (C=O) groups is 2. The van der Waals surface area contributed by atoms with Gasteiger partial charge in [0.05, 0.1) is 19.1 Å². The molecular weight excluding hydrogens is 304 g/mol. The molecule has 2 rings (SSSR count). The largest absolute Gasteiger partial charge is 0.349 e. The molecule has 0 spiro atoms. The molecule has 5 heteroatoms. The van der Waals surface area contributed by atoms with Gasteiger partial charge < -0.3 is 5.32 Å². The minimum atomic E-state index is -0.386. The van der Waals surface area contributed by atoms with E-state index in [4.69, 9.17) is 4.84 Å². The molecule has 0 aliphatic heterocycles. The predicted molar refractivity (Wildman–Crippen MR) is 91.7 cm³/mol. The highest BCUT2D eigenvalue weighted by atomic mass is 16.6. The zero-order valence-corrected chi connectivity index (χ0v) is 13.9. The highest BCUT2D eigenvalue weighted by Crippen LogP contribution is 2.17. The molecule has 2 aromatic carbocycles. The molecule has 0 radical (unpaired) electrons. The first-order valence-electron chi connectivity index (χ1n) is 7.83. The number of benzene rings is 2. The Kier molecular flexibility index (Phi) is 6.51. The molecule has 0 bridgehead atoms. The number of carbonyl (C=O) groups excluding carboxylic acids is 2. The first-order chi connectivity index (χ1) is 11.5. The summed E-state index contributed by atoms with van der Waals surface area (Å²) >= 11 is 0. The van der Waals surface area contributed by atoms with Crippen molar-refractivity contribution in [3.05, 3.63) is 71.3 Å². The van der Waals surface area contributed by atoms with Crippen LogP contribution in [0.4, 0.5) is 0 Å². The van der Waals surface area contributed by atoms with Gasteiger partial charge in [-0.25, -0.2) is 5.48 Å². The number of hydroxylamine groups is 1. The fourth-order valence-electron chi connectivity index (χ4n) is 2.30. The normalized spacial score (nSPS) is 11.6. The Morgan fingerprint density at radius 2 is 1.71 bits per heavy atom. The van der Waals surface area contributed by atoms with Gasteiger partial charge in [0.15, 0.2) is 0 Å². The molecule has 126 valence electrons. The lowest BCUT2D eigenvalue weighted by Crippen LogP contribution is -2.32. The average molecular weight is 326 g/mol. The summed E-state index contributed by atoms with van der Waals surface area (Å²) in [6.45, 7) is 3.72. The summed E-state index contributed by atoms with van der Waals surface area (Å²) in [7, 11) is 0. The second kappa shape index (κ2) is 8.84. The van der Waals surface area contributed by atoms with Gasteiger partial charge >= 0.3 is 0 Å². The van der Waals surface area contributed by atoms with Crippen molar-refractivity contribution in [2.45, 2.75) is 32.9 Å². The van der Waals surface area contributed by atoms with Crippen molar-refractivity contribution in [3.8, 4) is 0 Å². The highest BCUT2D eigenvalue weighted by Gasteiger charge is 2.17. The standard InChI is InChI=1S/C19H22N2O3/c1-14-8-10-17(11-9-14)18(20-15(2)22)12-19(23)21-24-13-16-6-4-3-5-7-16/h3-11,18H,12-13H2,1-2H3,(H,20,22)(H,21,23). The molecule has 5 nitrogen and oxygen atoms in total. The topological polar surface area (TPSA) is 67.4 Å². The molecule has 0 saturated heterocycles. The third kappa shape index (κ3) is 5.85. The molecular formula is C19H22N2O3. The van der Waals surface area contributed by atoms with Crippen LogP contribution in [0, 0.1) is 6.92 Å². The summed E-state index contributed by atoms with van der Waals surface area (Å²) in [5, 5.41) is 2.80. The van der Waals surface area contributed by atoms with Crippen LogP contribution in [0.3, 0.4) is 0 Å². The van der Waals surface area contributed by atoms with E-state index < -0.39 is 0 Å². The quantitative estimate of drug-likeness (QED) is 0.769. The Morgan fingerprint density at radius 1 is 1.04 bits per heavy atom. The minimum Gasteiger partial charge on any atom is -0.349 e. The van der Waals surface area contributed by atoms with Crippen LogP contribution in [0.15, 0.2) is 54.6 Å². The third-order valence-corrected chi connectivity index (χ3v) is 3.51. The summed E-state index contributed by atoms with van der Waals surface area (Å²) in [6.07, 6.45) is 0.109. The summed E-state index contributed by atoms with van der Waals surface area (Å²) < 4.78 is 0. The van der Waals surface area contributed by atoms with Gasteiger partial charge in [0.2, 0.25) is 11.8 Å². The molecule has 2 N–H and O–H groups in total. The molecule has 2 amide bonds. The van der Waals surface area contributed by atoms with Crippen molar-refractivity contribution in [1.29, 1.82) is 0 Å². The van der Waals surface area contributed by atoms with Crippen molar-refractivity contribution in [1.82, 2.24) is 10.8 Å². The first kappa shape index (κ1) is 17.7. The van der Waals surface area contributed by atoms with Crippen LogP contribution >= 0.6 is 0 Å². The monoisotopic (exact) mass is 326 g/mol. The zero-order valence-electron chi connectivity index (χ0n) is 13.9. The lowest BCUT2D eigenvalue weighted by atomic mass is 10.0. The molecule has 1 atom stereocenters. The van der Waals surface area contributed by atoms with Gasteiger partial charge in [0.25, 0.3) is 0 Å². The van der Waals surface area contributed by atoms with Crippen LogP contribution in [0.5, 0.6) is 0 Å². The lowest BCUT2D eigenvalue weighted by Gasteiger charge is -2.18. The summed E-state index contributed by atoms with van der Waals surface area (Å²) in [4.78, 5) is 28.7. The van der Waals surface area contributed by atoms with Gasteiger partial charge in [0.1, 0.15) is 0 Å². The fourth-order valence-corrected chi connectivity index (χ4v) is 2.30. The minimum absolute atomic E-state index is 0.109. The van der Waals surface area contributed by atoms with Gasteiger partial charge in [-0.15, -0.1) is 0 Å². The predicted octanol–water partition coefficient (Wildman–Crippen LogP) is 2.81. The van der Waals surface area contributed by atoms with Crippen LogP contribution in [-0.2, 0) is 21.0 Å². The Bertz CT molecular complexity index is 669. The van der Waals surface area contributed by atoms with Crippen LogP contribution < -0.4 is 10.8 Å². The SMILES string of the molecule is CC(=O)NC(CC(=O)NOCc1ccccc1)c1ccc(C)cc1. The van der Waals surface area contributed by atoms with E-state index in [1.54, 1.807) is 0 Å². The second-order valence-corrected chi connectivity index (χ2v) is 5.67. The lowest BCUT2D eigenvalue weighted by molar-refractivity contribution is -0.135. The number of hydrogen-bond acceptors (Lipinski definition) is 3. The van der Waals surface area contributed by atoms with E-state index in [1.807, 2.05) is 61.5 Å². The molecule has 24 heavy (non-hydrogen) atoms. The van der Waals surface area contributed by atoms with Gasteiger partial charge in [0, 0.05) is 6.92 Å². The molecule has 1 unspecified atom stereocenters. The molecule has 0 aliphatic carbocycles. The summed E-state index contributed by atoms with van der Waals surface area (Å²) in [6, 6.07) is 16.9. The van der Waals surface area contributed by atoms with Crippen LogP contribution in [0.1, 0.15) is 36.1 Å². The van der Waals surface area contributed by atoms with E-state index in [2.05, 4.69) is 10.8 Å². The Hall–Kier alpha value is -2.66. The maximum Gasteiger partial charge on any atom is 0.245 e. The smallest absolute Gasteiger partial charge is 0.245 e. The summed E-state index contributed by atoms with van der Waals surface area (Å²) in [5.74, 6) is -0.469. The summed E-state index contributed by atoms with van der Waals surface area (Å²) in [5.41, 5.74) is 5.40. The zero-order chi connectivity index (χ0) is 17.4. The van der Waals surface area contributed by atoms with Gasteiger partial charge in [-0.3, -0.25) is 14.4 Å². The Labute approximate surface area is 142 Å². The van der Waals surface area contributed by atoms with E-state index in [-0.39, 0.29) is 24.3 Å². The number of aryl methyl sites for hydroxylation is 1. The molecule has 2 aromatic rings. The molecule has 0 saturated carbocycles. The van der Waals surface area contributed by atoms with E-state index in [1.165, 1.54) is 6.92 Å². The van der Waals surface area contributed by atoms with Crippen molar-refractivity contribution >= 4 is 11.8 Å². The number of hydrogen-bond donors (Lipinski definition) is 2. The van der Waals surface area contributed by atoms with E-state index >= 15 is 0 Å². The molecule has 0 fully saturated rings. The van der Waals surface area contributed by atoms with Gasteiger partial charge in [-0.2, -0.15) is 0 Å². The maximum absolute atomic E-state index is 12.1. The van der Waals surface area contributed by atoms with E-state index in [0.29, 0.717) is 6.61 Å². The molecule has 0 heterocycles. The number of amides is 2. The molecule has 0 aliphatic rings. The Balaban J connectivity index is 1.89. The van der Waals surface area contributed by atoms with Crippen LogP contribution in [0.25, 0.3) is 0 Å². The van der Waals surface area contributed by atoms with Crippen LogP contribution in [0.2, 0.25) is 0 Å². The van der Waals surface area contributed by atoms with Crippen molar-refractivity contribution < 1.29 is 14.4 Å². The number of rotatable bonds is 7. The number of nitrogens with one attached hydrogen (secondary N) is 2. The third-order valence-electron chi connectivity index (χ3n) is 3.51. The van der Waals surface area contributed by atoms with Crippen molar-refractivity contribution in [3.63, 3.8) is 0 Å². The molecule has 0 aromatic heterocycles. The van der Waals surface area contributed by atoms with Gasteiger partial charge in [-0.1, -0.05) is 60.2 Å². The fraction of sp³-hybridized carbons (Fsp3) is 0.263. The first-order valence-corrected chi connectivity index (χ1v) is 7.83. The van der Waals surface area contributed by atoms with E-state index in [0.717, 1.165) is 16.7 Å². The van der Waals surface area contributed by atoms with Crippen molar-refractivity contribution in [2.24, 2.45) is 0 Å². The highest BCUT2D eigenvalue weighted by molar-refractivity contribution is 5.78. The van der Waals surface area contributed by atoms with Crippen LogP contribution in [-0.4, -0.2) is 11.8 Å². The maximum atomic E-state index is 12.1. The van der Waals surface area contributed by atoms with Gasteiger partial charge in [-0.05, 0) is 18.1 Å². The van der Waals surface area contributed by atoms with E-state index in [9.17, 15) is 9.59 Å². The average Bonchev–Trinajstić information content (AvgIpc) is 2.55. The Morgan fingerprint density at radius 3 is 2.33 bits per heavy atom. The second-order valence-electron chi connectivity index (χ2n) is 5.67. The van der Waals surface area contributed by atoms with Crippen molar-refractivity contribution in [2.75, 3.05) is 0 Å².